The molecule has 0 aromatic heterocycles. The van der Waals surface area contributed by atoms with Crippen LogP contribution in [-0.2, 0) is 28.5 Å². The van der Waals surface area contributed by atoms with Gasteiger partial charge in [0.2, 0.25) is 0 Å². The van der Waals surface area contributed by atoms with Gasteiger partial charge < -0.3 is 18.9 Å². The molecule has 2 heterocycles. The highest BCUT2D eigenvalue weighted by Crippen LogP contribution is 2.36. The summed E-state index contributed by atoms with van der Waals surface area (Å²) in [7, 11) is 0. The van der Waals surface area contributed by atoms with Crippen LogP contribution < -0.4 is 0 Å². The maximum atomic E-state index is 11.8. The van der Waals surface area contributed by atoms with E-state index >= 15 is 0 Å². The van der Waals surface area contributed by atoms with Gasteiger partial charge in [0, 0.05) is 25.0 Å². The number of esters is 2. The molecule has 0 saturated heterocycles. The summed E-state index contributed by atoms with van der Waals surface area (Å²) in [6.07, 6.45) is 5.69. The van der Waals surface area contributed by atoms with Crippen LogP contribution in [-0.4, -0.2) is 30.9 Å². The van der Waals surface area contributed by atoms with Crippen molar-refractivity contribution in [2.75, 3.05) is 13.2 Å². The highest BCUT2D eigenvalue weighted by atomic mass is 16.7. The molecular formula is C22H26O6. The molecule has 2 atom stereocenters. The first kappa shape index (κ1) is 20.3. The van der Waals surface area contributed by atoms with Crippen LogP contribution in [0.1, 0.15) is 55.4 Å². The van der Waals surface area contributed by atoms with E-state index < -0.39 is 29.9 Å². The first-order chi connectivity index (χ1) is 13.5. The van der Waals surface area contributed by atoms with E-state index in [-0.39, 0.29) is 13.2 Å². The van der Waals surface area contributed by atoms with Gasteiger partial charge in [-0.2, -0.15) is 0 Å². The van der Waals surface area contributed by atoms with Gasteiger partial charge in [-0.05, 0) is 24.0 Å². The third-order valence-corrected chi connectivity index (χ3v) is 5.14. The average molecular weight is 386 g/mol. The van der Waals surface area contributed by atoms with Gasteiger partial charge in [0.25, 0.3) is 0 Å². The van der Waals surface area contributed by atoms with Crippen molar-refractivity contribution in [3.8, 4) is 0 Å². The molecule has 1 aromatic rings. The summed E-state index contributed by atoms with van der Waals surface area (Å²) in [5.41, 5.74) is 1.58. The molecule has 150 valence electrons. The normalized spacial score (nSPS) is 24.0. The van der Waals surface area contributed by atoms with E-state index in [0.717, 1.165) is 55.4 Å². The lowest BCUT2D eigenvalue weighted by molar-refractivity contribution is -0.270. The van der Waals surface area contributed by atoms with E-state index in [9.17, 15) is 9.59 Å². The van der Waals surface area contributed by atoms with E-state index in [1.807, 2.05) is 24.3 Å². The Morgan fingerprint density at radius 1 is 0.857 bits per heavy atom. The number of hydrogen-bond acceptors (Lipinski definition) is 6. The molecule has 0 N–H and O–H groups in total. The first-order valence-corrected chi connectivity index (χ1v) is 9.59. The minimum Gasteiger partial charge on any atom is -0.452 e. The zero-order valence-electron chi connectivity index (χ0n) is 15.9. The minimum atomic E-state index is -0.777. The SMILES string of the molecule is C=CC(=O)OC1COC2(CCCCC2)OCC(OC(=O)C=C)c2ccc1cc2. The number of rotatable bonds is 4. The van der Waals surface area contributed by atoms with E-state index in [0.29, 0.717) is 0 Å². The largest absolute Gasteiger partial charge is 0.452 e. The Morgan fingerprint density at radius 3 is 1.68 bits per heavy atom. The lowest BCUT2D eigenvalue weighted by atomic mass is 9.94. The molecule has 3 aliphatic rings. The molecule has 0 radical (unpaired) electrons. The lowest BCUT2D eigenvalue weighted by Gasteiger charge is -2.38. The van der Waals surface area contributed by atoms with Crippen molar-refractivity contribution in [3.05, 3.63) is 60.7 Å². The van der Waals surface area contributed by atoms with Crippen LogP contribution in [0.2, 0.25) is 0 Å². The minimum absolute atomic E-state index is 0.177. The summed E-state index contributed by atoms with van der Waals surface area (Å²) in [6.45, 7) is 7.27. The van der Waals surface area contributed by atoms with Crippen LogP contribution in [0.15, 0.2) is 49.6 Å². The van der Waals surface area contributed by atoms with Crippen LogP contribution in [0.3, 0.4) is 0 Å². The lowest BCUT2D eigenvalue weighted by Crippen LogP contribution is -2.40. The van der Waals surface area contributed by atoms with E-state index in [1.54, 1.807) is 0 Å². The van der Waals surface area contributed by atoms with Crippen molar-refractivity contribution >= 4 is 11.9 Å². The second-order valence-electron chi connectivity index (χ2n) is 7.02. The smallest absolute Gasteiger partial charge is 0.330 e. The van der Waals surface area contributed by atoms with Crippen LogP contribution in [0, 0.1) is 0 Å². The van der Waals surface area contributed by atoms with Crippen LogP contribution in [0.5, 0.6) is 0 Å². The number of carbonyl (C=O) groups excluding carboxylic acids is 2. The number of carbonyl (C=O) groups is 2. The van der Waals surface area contributed by atoms with E-state index in [4.69, 9.17) is 18.9 Å². The Morgan fingerprint density at radius 2 is 1.29 bits per heavy atom. The average Bonchev–Trinajstić information content (AvgIpc) is 2.77. The number of hydrogen-bond donors (Lipinski definition) is 0. The van der Waals surface area contributed by atoms with Gasteiger partial charge in [0.1, 0.15) is 0 Å². The fourth-order valence-corrected chi connectivity index (χ4v) is 3.57. The molecule has 1 spiro atoms. The molecule has 6 heteroatoms. The van der Waals surface area contributed by atoms with Crippen molar-refractivity contribution in [1.29, 1.82) is 0 Å². The van der Waals surface area contributed by atoms with Gasteiger partial charge in [-0.25, -0.2) is 9.59 Å². The first-order valence-electron chi connectivity index (χ1n) is 9.59. The standard InChI is InChI=1S/C22H26O6/c1-3-20(23)27-18-14-25-22(12-6-5-7-13-22)26-15-19(28-21(24)4-2)17-10-8-16(18)9-11-17/h3-4,8-11,18-19H,1-2,5-7,12-15H2. The summed E-state index contributed by atoms with van der Waals surface area (Å²) in [4.78, 5) is 23.6. The maximum absolute atomic E-state index is 11.8. The molecule has 1 aromatic carbocycles. The molecule has 1 fully saturated rings. The molecule has 28 heavy (non-hydrogen) atoms. The summed E-state index contributed by atoms with van der Waals surface area (Å²) in [6, 6.07) is 7.36. The second kappa shape index (κ2) is 9.17. The van der Waals surface area contributed by atoms with Gasteiger partial charge in [0.05, 0.1) is 13.2 Å². The molecule has 1 aliphatic carbocycles. The Bertz CT molecular complexity index is 662. The van der Waals surface area contributed by atoms with Crippen molar-refractivity contribution in [1.82, 2.24) is 0 Å². The molecule has 1 saturated carbocycles. The van der Waals surface area contributed by atoms with Crippen molar-refractivity contribution in [2.24, 2.45) is 0 Å². The van der Waals surface area contributed by atoms with Gasteiger partial charge in [-0.1, -0.05) is 43.8 Å². The molecule has 6 nitrogen and oxygen atoms in total. The van der Waals surface area contributed by atoms with Crippen molar-refractivity contribution in [2.45, 2.75) is 50.1 Å². The van der Waals surface area contributed by atoms with Gasteiger partial charge in [-0.15, -0.1) is 0 Å². The molecule has 2 bridgehead atoms. The van der Waals surface area contributed by atoms with Crippen LogP contribution in [0.4, 0.5) is 0 Å². The van der Waals surface area contributed by atoms with Crippen LogP contribution >= 0.6 is 0 Å². The second-order valence-corrected chi connectivity index (χ2v) is 7.02. The Balaban J connectivity index is 1.91. The zero-order valence-corrected chi connectivity index (χ0v) is 15.9. The summed E-state index contributed by atoms with van der Waals surface area (Å²) in [5, 5.41) is 0. The molecule has 0 amide bonds. The van der Waals surface area contributed by atoms with Crippen molar-refractivity contribution < 1.29 is 28.5 Å². The predicted octanol–water partition coefficient (Wildman–Crippen LogP) is 3.93. The monoisotopic (exact) mass is 386 g/mol. The van der Waals surface area contributed by atoms with E-state index in [1.165, 1.54) is 0 Å². The van der Waals surface area contributed by atoms with Gasteiger partial charge >= 0.3 is 11.9 Å². The van der Waals surface area contributed by atoms with Crippen molar-refractivity contribution in [3.63, 3.8) is 0 Å². The molecule has 2 unspecified atom stereocenters. The Hall–Kier alpha value is -2.44. The number of fused-ring (bicyclic) bond motifs is 6. The number of ether oxygens (including phenoxy) is 4. The fraction of sp³-hybridized carbons (Fsp3) is 0.455. The molecule has 4 rings (SSSR count). The summed E-state index contributed by atoms with van der Waals surface area (Å²) >= 11 is 0. The van der Waals surface area contributed by atoms with Gasteiger partial charge in [-0.3, -0.25) is 0 Å². The third-order valence-electron chi connectivity index (χ3n) is 5.14. The molecular weight excluding hydrogens is 360 g/mol. The summed E-state index contributed by atoms with van der Waals surface area (Å²) in [5.74, 6) is -1.80. The maximum Gasteiger partial charge on any atom is 0.330 e. The highest BCUT2D eigenvalue weighted by molar-refractivity contribution is 5.81. The zero-order chi connectivity index (χ0) is 20.0. The molecule has 2 aliphatic heterocycles. The fourth-order valence-electron chi connectivity index (χ4n) is 3.57. The predicted molar refractivity (Wildman–Crippen MR) is 102 cm³/mol. The Kier molecular flexibility index (Phi) is 6.65. The quantitative estimate of drug-likeness (QED) is 0.577. The highest BCUT2D eigenvalue weighted by Gasteiger charge is 2.37. The Labute approximate surface area is 165 Å². The van der Waals surface area contributed by atoms with Crippen LogP contribution in [0.25, 0.3) is 0 Å². The third kappa shape index (κ3) is 4.88. The summed E-state index contributed by atoms with van der Waals surface area (Å²) < 4.78 is 23.4. The van der Waals surface area contributed by atoms with E-state index in [2.05, 4.69) is 13.2 Å². The topological polar surface area (TPSA) is 71.1 Å². The number of benzene rings is 1. The van der Waals surface area contributed by atoms with Gasteiger partial charge in [0.15, 0.2) is 18.0 Å².